The standard InChI is InChI=1S/C12H12N2/c1-2-5-11-10(4-1)6-9-14-8-3-7-13-12(11)14/h1-2,4-6,9H,3,7-8H2. The fourth-order valence-corrected chi connectivity index (χ4v) is 2.02. The van der Waals surface area contributed by atoms with E-state index in [4.69, 9.17) is 0 Å². The fraction of sp³-hybridized carbons (Fsp3) is 0.250. The zero-order valence-corrected chi connectivity index (χ0v) is 7.98. The topological polar surface area (TPSA) is 15.6 Å². The van der Waals surface area contributed by atoms with E-state index in [2.05, 4.69) is 46.4 Å². The highest BCUT2D eigenvalue weighted by Gasteiger charge is 2.19. The van der Waals surface area contributed by atoms with Crippen molar-refractivity contribution in [2.45, 2.75) is 6.42 Å². The van der Waals surface area contributed by atoms with Crippen molar-refractivity contribution in [1.29, 1.82) is 0 Å². The lowest BCUT2D eigenvalue weighted by Gasteiger charge is -2.29. The first-order valence-corrected chi connectivity index (χ1v) is 5.04. The molecular weight excluding hydrogens is 172 g/mol. The van der Waals surface area contributed by atoms with E-state index in [1.807, 2.05) is 0 Å². The van der Waals surface area contributed by atoms with Gasteiger partial charge in [0.05, 0.1) is 0 Å². The van der Waals surface area contributed by atoms with E-state index in [1.165, 1.54) is 11.1 Å². The quantitative estimate of drug-likeness (QED) is 0.603. The number of hydrogen-bond donors (Lipinski definition) is 0. The number of benzene rings is 1. The van der Waals surface area contributed by atoms with Crippen LogP contribution in [0.2, 0.25) is 0 Å². The van der Waals surface area contributed by atoms with Crippen molar-refractivity contribution in [3.8, 4) is 0 Å². The molecule has 0 bridgehead atoms. The van der Waals surface area contributed by atoms with Gasteiger partial charge in [0.15, 0.2) is 0 Å². The summed E-state index contributed by atoms with van der Waals surface area (Å²) in [5, 5.41) is 0. The second kappa shape index (κ2) is 2.98. The van der Waals surface area contributed by atoms with Gasteiger partial charge in [-0.05, 0) is 18.1 Å². The van der Waals surface area contributed by atoms with Gasteiger partial charge >= 0.3 is 0 Å². The molecule has 2 nitrogen and oxygen atoms in total. The zero-order chi connectivity index (χ0) is 9.38. The molecule has 0 unspecified atom stereocenters. The lowest BCUT2D eigenvalue weighted by molar-refractivity contribution is 0.509. The van der Waals surface area contributed by atoms with E-state index >= 15 is 0 Å². The molecule has 2 aliphatic rings. The molecule has 0 amide bonds. The van der Waals surface area contributed by atoms with Gasteiger partial charge in [0.25, 0.3) is 0 Å². The van der Waals surface area contributed by atoms with Crippen molar-refractivity contribution in [2.24, 2.45) is 4.99 Å². The largest absolute Gasteiger partial charge is 0.333 e. The predicted octanol–water partition coefficient (Wildman–Crippen LogP) is 2.12. The summed E-state index contributed by atoms with van der Waals surface area (Å²) in [6.45, 7) is 2.07. The molecule has 0 saturated heterocycles. The van der Waals surface area contributed by atoms with Gasteiger partial charge in [-0.25, -0.2) is 0 Å². The van der Waals surface area contributed by atoms with Crippen molar-refractivity contribution in [3.63, 3.8) is 0 Å². The summed E-state index contributed by atoms with van der Waals surface area (Å²) < 4.78 is 0. The highest BCUT2D eigenvalue weighted by Crippen LogP contribution is 2.22. The van der Waals surface area contributed by atoms with Crippen LogP contribution < -0.4 is 0 Å². The third-order valence-corrected chi connectivity index (χ3v) is 2.73. The Hall–Kier alpha value is -1.57. The monoisotopic (exact) mass is 184 g/mol. The summed E-state index contributed by atoms with van der Waals surface area (Å²) in [6.07, 6.45) is 5.47. The van der Waals surface area contributed by atoms with Crippen molar-refractivity contribution in [1.82, 2.24) is 4.90 Å². The first-order valence-electron chi connectivity index (χ1n) is 5.04. The molecule has 1 aromatic carbocycles. The van der Waals surface area contributed by atoms with Gasteiger partial charge in [0, 0.05) is 24.9 Å². The van der Waals surface area contributed by atoms with Gasteiger partial charge in [-0.3, -0.25) is 4.99 Å². The minimum absolute atomic E-state index is 0.966. The minimum atomic E-state index is 0.966. The van der Waals surface area contributed by atoms with Crippen molar-refractivity contribution < 1.29 is 0 Å². The van der Waals surface area contributed by atoms with E-state index < -0.39 is 0 Å². The van der Waals surface area contributed by atoms with E-state index in [0.29, 0.717) is 0 Å². The average molecular weight is 184 g/mol. The van der Waals surface area contributed by atoms with E-state index in [0.717, 1.165) is 25.3 Å². The highest BCUT2D eigenvalue weighted by atomic mass is 15.2. The molecule has 2 heterocycles. The summed E-state index contributed by atoms with van der Waals surface area (Å²) >= 11 is 0. The number of rotatable bonds is 0. The Kier molecular flexibility index (Phi) is 1.66. The molecule has 0 radical (unpaired) electrons. The molecule has 0 spiro atoms. The molecule has 0 aromatic heterocycles. The van der Waals surface area contributed by atoms with Crippen LogP contribution in [0, 0.1) is 0 Å². The Labute approximate surface area is 83.6 Å². The summed E-state index contributed by atoms with van der Waals surface area (Å²) in [4.78, 5) is 6.83. The second-order valence-electron chi connectivity index (χ2n) is 3.66. The Bertz CT molecular complexity index is 418. The molecule has 0 atom stereocenters. The van der Waals surface area contributed by atoms with Crippen LogP contribution in [0.4, 0.5) is 0 Å². The molecule has 14 heavy (non-hydrogen) atoms. The van der Waals surface area contributed by atoms with Gasteiger partial charge in [-0.1, -0.05) is 24.3 Å². The number of hydrogen-bond acceptors (Lipinski definition) is 2. The SMILES string of the molecule is C1=CN2CCCN=C2c2ccccc21. The lowest BCUT2D eigenvalue weighted by atomic mass is 10.0. The number of fused-ring (bicyclic) bond motifs is 3. The highest BCUT2D eigenvalue weighted by molar-refractivity contribution is 6.04. The van der Waals surface area contributed by atoms with Crippen LogP contribution in [0.25, 0.3) is 6.08 Å². The van der Waals surface area contributed by atoms with Crippen LogP contribution in [0.1, 0.15) is 17.5 Å². The maximum absolute atomic E-state index is 4.58. The molecule has 3 rings (SSSR count). The first-order chi connectivity index (χ1) is 6.95. The summed E-state index contributed by atoms with van der Waals surface area (Å²) in [5.41, 5.74) is 2.55. The smallest absolute Gasteiger partial charge is 0.135 e. The van der Waals surface area contributed by atoms with E-state index in [1.54, 1.807) is 0 Å². The van der Waals surface area contributed by atoms with Gasteiger partial charge < -0.3 is 4.90 Å². The summed E-state index contributed by atoms with van der Waals surface area (Å²) in [5.74, 6) is 1.15. The Balaban J connectivity index is 2.17. The molecule has 0 saturated carbocycles. The van der Waals surface area contributed by atoms with Crippen LogP contribution in [0.3, 0.4) is 0 Å². The van der Waals surface area contributed by atoms with Crippen LogP contribution in [-0.2, 0) is 0 Å². The van der Waals surface area contributed by atoms with Crippen LogP contribution in [0.5, 0.6) is 0 Å². The van der Waals surface area contributed by atoms with Crippen LogP contribution >= 0.6 is 0 Å². The van der Waals surface area contributed by atoms with Gasteiger partial charge in [0.1, 0.15) is 5.84 Å². The fourth-order valence-electron chi connectivity index (χ4n) is 2.02. The number of nitrogens with zero attached hydrogens (tertiary/aromatic N) is 2. The molecular formula is C12H12N2. The van der Waals surface area contributed by atoms with Crippen LogP contribution in [-0.4, -0.2) is 23.8 Å². The third kappa shape index (κ3) is 1.07. The van der Waals surface area contributed by atoms with Gasteiger partial charge in [-0.15, -0.1) is 0 Å². The van der Waals surface area contributed by atoms with Crippen molar-refractivity contribution in [3.05, 3.63) is 41.6 Å². The second-order valence-corrected chi connectivity index (χ2v) is 3.66. The average Bonchev–Trinajstić information content (AvgIpc) is 2.29. The maximum atomic E-state index is 4.58. The maximum Gasteiger partial charge on any atom is 0.135 e. The molecule has 0 fully saturated rings. The minimum Gasteiger partial charge on any atom is -0.333 e. The summed E-state index contributed by atoms with van der Waals surface area (Å²) in [6, 6.07) is 8.44. The number of amidine groups is 1. The Morgan fingerprint density at radius 3 is 3.14 bits per heavy atom. The van der Waals surface area contributed by atoms with Crippen molar-refractivity contribution in [2.75, 3.05) is 13.1 Å². The molecule has 0 aliphatic carbocycles. The van der Waals surface area contributed by atoms with Crippen LogP contribution in [0.15, 0.2) is 35.5 Å². The molecule has 1 aromatic rings. The number of aliphatic imine (C=N–C) groups is 1. The molecule has 0 N–H and O–H groups in total. The molecule has 70 valence electrons. The molecule has 2 heteroatoms. The third-order valence-electron chi connectivity index (χ3n) is 2.73. The van der Waals surface area contributed by atoms with E-state index in [9.17, 15) is 0 Å². The first kappa shape index (κ1) is 7.80. The Morgan fingerprint density at radius 1 is 1.21 bits per heavy atom. The normalized spacial score (nSPS) is 18.6. The zero-order valence-electron chi connectivity index (χ0n) is 7.98. The lowest BCUT2D eigenvalue weighted by Crippen LogP contribution is -2.34. The van der Waals surface area contributed by atoms with Gasteiger partial charge in [-0.2, -0.15) is 0 Å². The summed E-state index contributed by atoms with van der Waals surface area (Å²) in [7, 11) is 0. The Morgan fingerprint density at radius 2 is 2.14 bits per heavy atom. The van der Waals surface area contributed by atoms with Crippen molar-refractivity contribution >= 4 is 11.9 Å². The predicted molar refractivity (Wildman–Crippen MR) is 58.2 cm³/mol. The van der Waals surface area contributed by atoms with Gasteiger partial charge in [0.2, 0.25) is 0 Å². The van der Waals surface area contributed by atoms with E-state index in [-0.39, 0.29) is 0 Å². The molecule has 2 aliphatic heterocycles.